The van der Waals surface area contributed by atoms with Gasteiger partial charge in [-0.15, -0.1) is 0 Å². The number of nitrogens with zero attached hydrogens (tertiary/aromatic N) is 1. The van der Waals surface area contributed by atoms with Crippen LogP contribution in [0.5, 0.6) is 0 Å². The summed E-state index contributed by atoms with van der Waals surface area (Å²) in [6.45, 7) is 1.92. The van der Waals surface area contributed by atoms with Crippen molar-refractivity contribution in [2.45, 2.75) is 6.92 Å². The Hall–Kier alpha value is -1.12. The van der Waals surface area contributed by atoms with E-state index in [0.717, 1.165) is 11.4 Å². The lowest BCUT2D eigenvalue weighted by Gasteiger charge is -2.02. The van der Waals surface area contributed by atoms with Crippen molar-refractivity contribution in [3.05, 3.63) is 24.0 Å². The highest BCUT2D eigenvalue weighted by Crippen LogP contribution is 2.05. The van der Waals surface area contributed by atoms with Gasteiger partial charge in [-0.2, -0.15) is 0 Å². The molecule has 0 aliphatic carbocycles. The van der Waals surface area contributed by atoms with Gasteiger partial charge in [-0.1, -0.05) is 0 Å². The number of hydrogen-bond donors (Lipinski definition) is 1. The maximum Gasteiger partial charge on any atom is 0.107 e. The second-order valence-corrected chi connectivity index (χ2v) is 2.30. The van der Waals surface area contributed by atoms with Gasteiger partial charge in [0.1, 0.15) is 6.67 Å². The van der Waals surface area contributed by atoms with Gasteiger partial charge in [-0.25, -0.2) is 4.39 Å². The molecule has 0 saturated heterocycles. The Morgan fingerprint density at radius 3 is 3.09 bits per heavy atom. The van der Waals surface area contributed by atoms with Gasteiger partial charge in [0.2, 0.25) is 0 Å². The zero-order chi connectivity index (χ0) is 8.10. The van der Waals surface area contributed by atoms with Crippen LogP contribution in [-0.2, 0) is 0 Å². The average molecular weight is 154 g/mol. The molecule has 0 spiro atoms. The smallest absolute Gasteiger partial charge is 0.107 e. The number of aromatic nitrogens is 1. The summed E-state index contributed by atoms with van der Waals surface area (Å²) in [5.41, 5.74) is 1.86. The lowest BCUT2D eigenvalue weighted by molar-refractivity contribution is 0.513. The molecule has 11 heavy (non-hydrogen) atoms. The summed E-state index contributed by atoms with van der Waals surface area (Å²) in [4.78, 5) is 4.01. The van der Waals surface area contributed by atoms with Crippen molar-refractivity contribution in [2.75, 3.05) is 18.5 Å². The zero-order valence-electron chi connectivity index (χ0n) is 6.47. The Kier molecular flexibility index (Phi) is 2.83. The summed E-state index contributed by atoms with van der Waals surface area (Å²) in [5.74, 6) is 0. The molecule has 1 aromatic rings. The molecule has 3 heteroatoms. The van der Waals surface area contributed by atoms with Crippen LogP contribution in [0.15, 0.2) is 18.3 Å². The van der Waals surface area contributed by atoms with Gasteiger partial charge < -0.3 is 5.32 Å². The molecule has 0 radical (unpaired) electrons. The van der Waals surface area contributed by atoms with Gasteiger partial charge in [-0.3, -0.25) is 4.98 Å². The molecule has 0 aliphatic rings. The third kappa shape index (κ3) is 2.53. The van der Waals surface area contributed by atoms with Crippen molar-refractivity contribution < 1.29 is 4.39 Å². The minimum Gasteiger partial charge on any atom is -0.382 e. The Bertz CT molecular complexity index is 225. The van der Waals surface area contributed by atoms with Crippen LogP contribution < -0.4 is 5.32 Å². The van der Waals surface area contributed by atoms with E-state index >= 15 is 0 Å². The molecule has 60 valence electrons. The zero-order valence-corrected chi connectivity index (χ0v) is 6.47. The predicted molar refractivity (Wildman–Crippen MR) is 43.4 cm³/mol. The van der Waals surface area contributed by atoms with Crippen LogP contribution in [-0.4, -0.2) is 18.2 Å². The number of pyridine rings is 1. The molecular weight excluding hydrogens is 143 g/mol. The van der Waals surface area contributed by atoms with Crippen LogP contribution >= 0.6 is 0 Å². The first kappa shape index (κ1) is 7.98. The number of nitrogens with one attached hydrogen (secondary N) is 1. The summed E-state index contributed by atoms with van der Waals surface area (Å²) < 4.78 is 11.7. The lowest BCUT2D eigenvalue weighted by Crippen LogP contribution is -2.02. The Morgan fingerprint density at radius 2 is 2.45 bits per heavy atom. The van der Waals surface area contributed by atoms with Gasteiger partial charge in [0, 0.05) is 24.1 Å². The normalized spacial score (nSPS) is 9.64. The SMILES string of the molecule is Cc1cc(NCCF)ccn1. The van der Waals surface area contributed by atoms with E-state index in [4.69, 9.17) is 0 Å². The molecule has 0 unspecified atom stereocenters. The third-order valence-electron chi connectivity index (χ3n) is 1.32. The number of hydrogen-bond acceptors (Lipinski definition) is 2. The first-order chi connectivity index (χ1) is 5.33. The Balaban J connectivity index is 2.56. The van der Waals surface area contributed by atoms with Crippen molar-refractivity contribution in [1.29, 1.82) is 0 Å². The van der Waals surface area contributed by atoms with Crippen LogP contribution in [0.25, 0.3) is 0 Å². The minimum absolute atomic E-state index is 0.346. The lowest BCUT2D eigenvalue weighted by atomic mass is 10.3. The molecule has 0 amide bonds. The van der Waals surface area contributed by atoms with Crippen LogP contribution in [0.4, 0.5) is 10.1 Å². The molecule has 0 bridgehead atoms. The second-order valence-electron chi connectivity index (χ2n) is 2.30. The summed E-state index contributed by atoms with van der Waals surface area (Å²) >= 11 is 0. The summed E-state index contributed by atoms with van der Waals surface area (Å²) in [7, 11) is 0. The monoisotopic (exact) mass is 154 g/mol. The largest absolute Gasteiger partial charge is 0.382 e. The maximum atomic E-state index is 11.7. The molecule has 0 fully saturated rings. The quantitative estimate of drug-likeness (QED) is 0.717. The number of halogens is 1. The highest BCUT2D eigenvalue weighted by Gasteiger charge is 1.90. The Morgan fingerprint density at radius 1 is 1.64 bits per heavy atom. The number of anilines is 1. The van der Waals surface area contributed by atoms with E-state index in [1.807, 2.05) is 19.1 Å². The molecule has 1 rings (SSSR count). The molecule has 1 aromatic heterocycles. The fourth-order valence-corrected chi connectivity index (χ4v) is 0.847. The maximum absolute atomic E-state index is 11.7. The van der Waals surface area contributed by atoms with E-state index in [0.29, 0.717) is 6.54 Å². The van der Waals surface area contributed by atoms with Gasteiger partial charge in [-0.05, 0) is 19.1 Å². The summed E-state index contributed by atoms with van der Waals surface area (Å²) in [6, 6.07) is 3.71. The number of rotatable bonds is 3. The molecular formula is C8H11FN2. The van der Waals surface area contributed by atoms with Gasteiger partial charge in [0.25, 0.3) is 0 Å². The van der Waals surface area contributed by atoms with E-state index < -0.39 is 0 Å². The molecule has 1 heterocycles. The minimum atomic E-state index is -0.346. The molecule has 2 nitrogen and oxygen atoms in total. The fourth-order valence-electron chi connectivity index (χ4n) is 0.847. The number of aryl methyl sites for hydroxylation is 1. The second kappa shape index (κ2) is 3.91. The Labute approximate surface area is 65.5 Å². The van der Waals surface area contributed by atoms with Crippen molar-refractivity contribution in [3.8, 4) is 0 Å². The van der Waals surface area contributed by atoms with Crippen molar-refractivity contribution >= 4 is 5.69 Å². The van der Waals surface area contributed by atoms with Crippen LogP contribution in [0.1, 0.15) is 5.69 Å². The first-order valence-corrected chi connectivity index (χ1v) is 3.55. The van der Waals surface area contributed by atoms with Gasteiger partial charge in [0.05, 0.1) is 0 Å². The van der Waals surface area contributed by atoms with E-state index in [1.54, 1.807) is 6.20 Å². The van der Waals surface area contributed by atoms with E-state index in [2.05, 4.69) is 10.3 Å². The third-order valence-corrected chi connectivity index (χ3v) is 1.32. The van der Waals surface area contributed by atoms with Crippen molar-refractivity contribution in [1.82, 2.24) is 4.98 Å². The molecule has 0 saturated carbocycles. The van der Waals surface area contributed by atoms with E-state index in [-0.39, 0.29) is 6.67 Å². The average Bonchev–Trinajstić information content (AvgIpc) is 2.01. The van der Waals surface area contributed by atoms with Crippen LogP contribution in [0, 0.1) is 6.92 Å². The molecule has 0 atom stereocenters. The standard InChI is InChI=1S/C8H11FN2/c1-7-6-8(2-4-10-7)11-5-3-9/h2,4,6H,3,5H2,1H3,(H,10,11). The molecule has 0 aliphatic heterocycles. The van der Waals surface area contributed by atoms with Crippen LogP contribution in [0.2, 0.25) is 0 Å². The van der Waals surface area contributed by atoms with Crippen molar-refractivity contribution in [2.24, 2.45) is 0 Å². The summed E-state index contributed by atoms with van der Waals surface area (Å²) in [6.07, 6.45) is 1.70. The predicted octanol–water partition coefficient (Wildman–Crippen LogP) is 1.77. The van der Waals surface area contributed by atoms with Gasteiger partial charge in [0.15, 0.2) is 0 Å². The molecule has 1 N–H and O–H groups in total. The van der Waals surface area contributed by atoms with E-state index in [9.17, 15) is 4.39 Å². The van der Waals surface area contributed by atoms with E-state index in [1.165, 1.54) is 0 Å². The topological polar surface area (TPSA) is 24.9 Å². The first-order valence-electron chi connectivity index (χ1n) is 3.55. The number of alkyl halides is 1. The highest BCUT2D eigenvalue weighted by atomic mass is 19.1. The summed E-state index contributed by atoms with van der Waals surface area (Å²) in [5, 5.41) is 2.92. The van der Waals surface area contributed by atoms with Crippen LogP contribution in [0.3, 0.4) is 0 Å². The van der Waals surface area contributed by atoms with Gasteiger partial charge >= 0.3 is 0 Å². The van der Waals surface area contributed by atoms with Crippen molar-refractivity contribution in [3.63, 3.8) is 0 Å². The highest BCUT2D eigenvalue weighted by molar-refractivity contribution is 5.42. The fraction of sp³-hybridized carbons (Fsp3) is 0.375. The molecule has 0 aromatic carbocycles.